The maximum absolute atomic E-state index is 11.8. The number of carbonyl (C=O) groups is 2. The molecular weight excluding hydrogens is 272 g/mol. The van der Waals surface area contributed by atoms with Crippen LogP contribution in [0.25, 0.3) is 0 Å². The highest BCUT2D eigenvalue weighted by Crippen LogP contribution is 2.19. The van der Waals surface area contributed by atoms with Crippen molar-refractivity contribution in [1.29, 1.82) is 0 Å². The average molecular weight is 292 g/mol. The molecule has 2 amide bonds. The smallest absolute Gasteiger partial charge is 0.228 e. The van der Waals surface area contributed by atoms with Crippen molar-refractivity contribution in [3.8, 4) is 5.75 Å². The molecular formula is C15H20N2O4. The highest BCUT2D eigenvalue weighted by Gasteiger charge is 2.36. The van der Waals surface area contributed by atoms with E-state index in [1.165, 1.54) is 0 Å². The Labute approximate surface area is 123 Å². The van der Waals surface area contributed by atoms with Crippen LogP contribution in [-0.4, -0.2) is 37.7 Å². The molecule has 0 unspecified atom stereocenters. The van der Waals surface area contributed by atoms with Gasteiger partial charge in [0.2, 0.25) is 11.8 Å². The second-order valence-corrected chi connectivity index (χ2v) is 5.32. The molecule has 21 heavy (non-hydrogen) atoms. The van der Waals surface area contributed by atoms with Crippen LogP contribution in [0, 0.1) is 0 Å². The number of hydrogen-bond donors (Lipinski definition) is 2. The van der Waals surface area contributed by atoms with Gasteiger partial charge in [0.15, 0.2) is 0 Å². The fraction of sp³-hybridized carbons (Fsp3) is 0.467. The monoisotopic (exact) mass is 292 g/mol. The van der Waals surface area contributed by atoms with Crippen LogP contribution < -0.4 is 15.8 Å². The lowest BCUT2D eigenvalue weighted by molar-refractivity contribution is -0.134. The van der Waals surface area contributed by atoms with Crippen molar-refractivity contribution in [2.24, 2.45) is 5.73 Å². The Kier molecular flexibility index (Phi) is 4.93. The Hall–Kier alpha value is -1.92. The molecule has 114 valence electrons. The largest absolute Gasteiger partial charge is 0.496 e. The predicted octanol–water partition coefficient (Wildman–Crippen LogP) is 0.388. The molecule has 6 nitrogen and oxygen atoms in total. The second kappa shape index (κ2) is 6.69. The minimum Gasteiger partial charge on any atom is -0.496 e. The zero-order chi connectivity index (χ0) is 15.3. The maximum Gasteiger partial charge on any atom is 0.228 e. The van der Waals surface area contributed by atoms with E-state index in [2.05, 4.69) is 5.32 Å². The van der Waals surface area contributed by atoms with Gasteiger partial charge in [-0.3, -0.25) is 14.9 Å². The van der Waals surface area contributed by atoms with Gasteiger partial charge in [0, 0.05) is 12.8 Å². The van der Waals surface area contributed by atoms with E-state index in [9.17, 15) is 9.59 Å². The first-order valence-corrected chi connectivity index (χ1v) is 6.84. The number of benzene rings is 1. The molecule has 1 aliphatic heterocycles. The standard InChI is InChI=1S/C15H20N2O4/c1-20-12-5-3-2-4-11(12)6-7-13(18)17-14(19)8-15(16)9-21-10-15/h2-5H,6-10,16H2,1H3,(H,17,18,19). The van der Waals surface area contributed by atoms with E-state index in [0.717, 1.165) is 11.3 Å². The lowest BCUT2D eigenvalue weighted by Gasteiger charge is -2.36. The van der Waals surface area contributed by atoms with Gasteiger partial charge in [-0.05, 0) is 18.1 Å². The molecule has 0 aliphatic carbocycles. The van der Waals surface area contributed by atoms with Crippen molar-refractivity contribution in [2.75, 3.05) is 20.3 Å². The summed E-state index contributed by atoms with van der Waals surface area (Å²) in [7, 11) is 1.59. The van der Waals surface area contributed by atoms with Gasteiger partial charge in [0.25, 0.3) is 0 Å². The van der Waals surface area contributed by atoms with Crippen molar-refractivity contribution in [2.45, 2.75) is 24.8 Å². The number of aryl methyl sites for hydroxylation is 1. The number of hydrogen-bond acceptors (Lipinski definition) is 5. The summed E-state index contributed by atoms with van der Waals surface area (Å²) >= 11 is 0. The number of methoxy groups -OCH3 is 1. The number of imide groups is 1. The summed E-state index contributed by atoms with van der Waals surface area (Å²) in [6, 6.07) is 7.49. The van der Waals surface area contributed by atoms with Crippen LogP contribution in [0.1, 0.15) is 18.4 Å². The minimum absolute atomic E-state index is 0.105. The number of nitrogens with one attached hydrogen (secondary N) is 1. The molecule has 1 fully saturated rings. The van der Waals surface area contributed by atoms with E-state index in [-0.39, 0.29) is 24.7 Å². The van der Waals surface area contributed by atoms with Crippen molar-refractivity contribution < 1.29 is 19.1 Å². The number of carbonyl (C=O) groups excluding carboxylic acids is 2. The van der Waals surface area contributed by atoms with Gasteiger partial charge < -0.3 is 15.2 Å². The zero-order valence-electron chi connectivity index (χ0n) is 12.1. The van der Waals surface area contributed by atoms with Gasteiger partial charge in [-0.25, -0.2) is 0 Å². The van der Waals surface area contributed by atoms with E-state index < -0.39 is 5.54 Å². The molecule has 0 aromatic heterocycles. The van der Waals surface area contributed by atoms with Crippen LogP contribution in [0.2, 0.25) is 0 Å². The van der Waals surface area contributed by atoms with E-state index in [4.69, 9.17) is 15.2 Å². The summed E-state index contributed by atoms with van der Waals surface area (Å²) in [6.45, 7) is 0.714. The molecule has 1 aromatic carbocycles. The minimum atomic E-state index is -0.618. The zero-order valence-corrected chi connectivity index (χ0v) is 12.1. The molecule has 2 rings (SSSR count). The fourth-order valence-corrected chi connectivity index (χ4v) is 2.21. The Morgan fingerprint density at radius 2 is 2.05 bits per heavy atom. The molecule has 1 heterocycles. The third kappa shape index (κ3) is 4.27. The van der Waals surface area contributed by atoms with Gasteiger partial charge in [0.05, 0.1) is 25.9 Å². The normalized spacial score (nSPS) is 15.9. The van der Waals surface area contributed by atoms with Crippen LogP contribution >= 0.6 is 0 Å². The SMILES string of the molecule is COc1ccccc1CCC(=O)NC(=O)CC1(N)COC1. The highest BCUT2D eigenvalue weighted by molar-refractivity contribution is 5.95. The summed E-state index contributed by atoms with van der Waals surface area (Å²) < 4.78 is 10.2. The lowest BCUT2D eigenvalue weighted by atomic mass is 9.94. The number of nitrogens with two attached hydrogens (primary N) is 1. The van der Waals surface area contributed by atoms with Crippen LogP contribution in [0.4, 0.5) is 0 Å². The molecule has 0 atom stereocenters. The Balaban J connectivity index is 1.78. The Bertz CT molecular complexity index is 526. The topological polar surface area (TPSA) is 90.7 Å². The molecule has 0 spiro atoms. The Morgan fingerprint density at radius 1 is 1.33 bits per heavy atom. The van der Waals surface area contributed by atoms with E-state index in [0.29, 0.717) is 19.6 Å². The highest BCUT2D eigenvalue weighted by atomic mass is 16.5. The van der Waals surface area contributed by atoms with Gasteiger partial charge in [-0.1, -0.05) is 18.2 Å². The Morgan fingerprint density at radius 3 is 2.67 bits per heavy atom. The molecule has 1 aliphatic rings. The predicted molar refractivity (Wildman–Crippen MR) is 76.8 cm³/mol. The number of amides is 2. The summed E-state index contributed by atoms with van der Waals surface area (Å²) in [5, 5.41) is 2.36. The van der Waals surface area contributed by atoms with Crippen molar-refractivity contribution in [1.82, 2.24) is 5.32 Å². The number of ether oxygens (including phenoxy) is 2. The van der Waals surface area contributed by atoms with Crippen LogP contribution in [0.5, 0.6) is 5.75 Å². The third-order valence-corrected chi connectivity index (χ3v) is 3.38. The quantitative estimate of drug-likeness (QED) is 0.791. The lowest BCUT2D eigenvalue weighted by Crippen LogP contribution is -2.59. The fourth-order valence-electron chi connectivity index (χ4n) is 2.21. The summed E-state index contributed by atoms with van der Waals surface area (Å²) in [4.78, 5) is 23.5. The second-order valence-electron chi connectivity index (χ2n) is 5.32. The van der Waals surface area contributed by atoms with E-state index >= 15 is 0 Å². The molecule has 0 bridgehead atoms. The third-order valence-electron chi connectivity index (χ3n) is 3.38. The van der Waals surface area contributed by atoms with Crippen molar-refractivity contribution in [3.63, 3.8) is 0 Å². The first-order chi connectivity index (χ1) is 10.0. The number of para-hydroxylation sites is 1. The van der Waals surface area contributed by atoms with Crippen LogP contribution in [-0.2, 0) is 20.7 Å². The van der Waals surface area contributed by atoms with Crippen molar-refractivity contribution in [3.05, 3.63) is 29.8 Å². The first kappa shape index (κ1) is 15.5. The van der Waals surface area contributed by atoms with Crippen LogP contribution in [0.15, 0.2) is 24.3 Å². The molecule has 3 N–H and O–H groups in total. The van der Waals surface area contributed by atoms with Gasteiger partial charge in [0.1, 0.15) is 5.75 Å². The summed E-state index contributed by atoms with van der Waals surface area (Å²) in [6.07, 6.45) is 0.841. The molecule has 0 radical (unpaired) electrons. The number of rotatable bonds is 6. The maximum atomic E-state index is 11.8. The first-order valence-electron chi connectivity index (χ1n) is 6.84. The molecule has 0 saturated carbocycles. The van der Waals surface area contributed by atoms with Gasteiger partial charge in [-0.2, -0.15) is 0 Å². The van der Waals surface area contributed by atoms with Gasteiger partial charge in [-0.15, -0.1) is 0 Å². The molecule has 1 aromatic rings. The average Bonchev–Trinajstić information content (AvgIpc) is 2.43. The van der Waals surface area contributed by atoms with Crippen LogP contribution in [0.3, 0.4) is 0 Å². The summed E-state index contributed by atoms with van der Waals surface area (Å²) in [5.74, 6) is 0.0738. The van der Waals surface area contributed by atoms with E-state index in [1.807, 2.05) is 24.3 Å². The summed E-state index contributed by atoms with van der Waals surface area (Å²) in [5.41, 5.74) is 6.19. The molecule has 6 heteroatoms. The van der Waals surface area contributed by atoms with E-state index in [1.54, 1.807) is 7.11 Å². The molecule has 1 saturated heterocycles. The van der Waals surface area contributed by atoms with Crippen molar-refractivity contribution >= 4 is 11.8 Å². The van der Waals surface area contributed by atoms with Gasteiger partial charge >= 0.3 is 0 Å².